The summed E-state index contributed by atoms with van der Waals surface area (Å²) in [6, 6.07) is 1.55. The molecule has 0 aliphatic carbocycles. The Hall–Kier alpha value is -1.82. The molecular formula is C10H12N2O4. The molecular weight excluding hydrogens is 212 g/mol. The lowest BCUT2D eigenvalue weighted by atomic mass is 10.3. The molecule has 86 valence electrons. The van der Waals surface area contributed by atoms with Gasteiger partial charge in [-0.1, -0.05) is 0 Å². The van der Waals surface area contributed by atoms with E-state index >= 15 is 0 Å². The van der Waals surface area contributed by atoms with Crippen LogP contribution < -0.4 is 9.47 Å². The second-order valence-electron chi connectivity index (χ2n) is 3.20. The van der Waals surface area contributed by atoms with Crippen LogP contribution in [0.2, 0.25) is 0 Å². The molecule has 16 heavy (non-hydrogen) atoms. The summed E-state index contributed by atoms with van der Waals surface area (Å²) in [5.74, 6) is 0.761. The fourth-order valence-corrected chi connectivity index (χ4v) is 1.31. The molecule has 1 aromatic rings. The first kappa shape index (κ1) is 10.7. The van der Waals surface area contributed by atoms with Gasteiger partial charge in [-0.05, 0) is 0 Å². The topological polar surface area (TPSA) is 60.9 Å². The summed E-state index contributed by atoms with van der Waals surface area (Å²) < 4.78 is 10.7. The third kappa shape index (κ3) is 1.92. The van der Waals surface area contributed by atoms with Gasteiger partial charge in [-0.25, -0.2) is 10.0 Å². The van der Waals surface area contributed by atoms with E-state index in [0.29, 0.717) is 24.7 Å². The summed E-state index contributed by atoms with van der Waals surface area (Å²) in [6.07, 6.45) is 1.48. The Bertz CT molecular complexity index is 408. The van der Waals surface area contributed by atoms with Gasteiger partial charge in [-0.3, -0.25) is 9.63 Å². The van der Waals surface area contributed by atoms with Gasteiger partial charge in [0, 0.05) is 13.1 Å². The quantitative estimate of drug-likeness (QED) is 0.684. The molecule has 2 heterocycles. The molecule has 0 unspecified atom stereocenters. The fraction of sp³-hybridized carbons (Fsp3) is 0.400. The van der Waals surface area contributed by atoms with Crippen LogP contribution in [0, 0.1) is 0 Å². The molecule has 0 saturated heterocycles. The van der Waals surface area contributed by atoms with Crippen molar-refractivity contribution in [1.82, 2.24) is 10.0 Å². The summed E-state index contributed by atoms with van der Waals surface area (Å²) in [5, 5.41) is 1.10. The third-order valence-electron chi connectivity index (χ3n) is 2.21. The number of amides is 1. The van der Waals surface area contributed by atoms with Gasteiger partial charge in [-0.15, -0.1) is 0 Å². The number of ether oxygens (including phenoxy) is 2. The number of hydrogen-bond donors (Lipinski definition) is 0. The highest BCUT2D eigenvalue weighted by molar-refractivity contribution is 5.91. The largest absolute Gasteiger partial charge is 0.486 e. The lowest BCUT2D eigenvalue weighted by Gasteiger charge is -2.19. The summed E-state index contributed by atoms with van der Waals surface area (Å²) >= 11 is 0. The van der Waals surface area contributed by atoms with Crippen LogP contribution in [0.1, 0.15) is 10.5 Å². The van der Waals surface area contributed by atoms with Gasteiger partial charge in [0.15, 0.2) is 11.5 Å². The molecule has 1 aliphatic heterocycles. The maximum Gasteiger partial charge on any atom is 0.295 e. The maximum absolute atomic E-state index is 11.7. The standard InChI is InChI=1S/C10H12N2O4/c1-12(14-2)10(13)7-5-8-9(6-11-7)16-4-3-15-8/h5-6H,3-4H2,1-2H3. The highest BCUT2D eigenvalue weighted by Crippen LogP contribution is 2.29. The van der Waals surface area contributed by atoms with E-state index in [1.165, 1.54) is 20.4 Å². The van der Waals surface area contributed by atoms with E-state index in [1.54, 1.807) is 6.07 Å². The van der Waals surface area contributed by atoms with E-state index in [0.717, 1.165) is 5.06 Å². The minimum absolute atomic E-state index is 0.258. The van der Waals surface area contributed by atoms with Crippen molar-refractivity contribution in [2.75, 3.05) is 27.4 Å². The zero-order valence-corrected chi connectivity index (χ0v) is 9.10. The van der Waals surface area contributed by atoms with Gasteiger partial charge in [0.2, 0.25) is 0 Å². The molecule has 2 rings (SSSR count). The first-order valence-corrected chi connectivity index (χ1v) is 4.80. The fourth-order valence-electron chi connectivity index (χ4n) is 1.31. The van der Waals surface area contributed by atoms with Crippen molar-refractivity contribution in [2.24, 2.45) is 0 Å². The van der Waals surface area contributed by atoms with Crippen LogP contribution in [0.4, 0.5) is 0 Å². The van der Waals surface area contributed by atoms with Crippen molar-refractivity contribution in [2.45, 2.75) is 0 Å². The van der Waals surface area contributed by atoms with E-state index in [1.807, 2.05) is 0 Å². The Morgan fingerprint density at radius 3 is 2.81 bits per heavy atom. The highest BCUT2D eigenvalue weighted by atomic mass is 16.7. The molecule has 1 amide bonds. The Kier molecular flexibility index (Phi) is 2.91. The molecule has 1 aliphatic rings. The Morgan fingerprint density at radius 2 is 2.12 bits per heavy atom. The van der Waals surface area contributed by atoms with Gasteiger partial charge in [-0.2, -0.15) is 0 Å². The number of rotatable bonds is 2. The molecule has 0 atom stereocenters. The lowest BCUT2D eigenvalue weighted by molar-refractivity contribution is -0.0760. The van der Waals surface area contributed by atoms with Crippen molar-refractivity contribution in [3.8, 4) is 11.5 Å². The maximum atomic E-state index is 11.7. The summed E-state index contributed by atoms with van der Waals surface area (Å²) in [5.41, 5.74) is 0.258. The van der Waals surface area contributed by atoms with Gasteiger partial charge in [0.1, 0.15) is 18.9 Å². The van der Waals surface area contributed by atoms with E-state index in [2.05, 4.69) is 4.98 Å². The molecule has 6 heteroatoms. The van der Waals surface area contributed by atoms with Crippen LogP contribution in [0.25, 0.3) is 0 Å². The Morgan fingerprint density at radius 1 is 1.44 bits per heavy atom. The average molecular weight is 224 g/mol. The lowest BCUT2D eigenvalue weighted by Crippen LogP contribution is -2.26. The van der Waals surface area contributed by atoms with E-state index < -0.39 is 0 Å². The summed E-state index contributed by atoms with van der Waals surface area (Å²) in [4.78, 5) is 20.5. The van der Waals surface area contributed by atoms with Crippen molar-refractivity contribution in [1.29, 1.82) is 0 Å². The average Bonchev–Trinajstić information content (AvgIpc) is 2.36. The molecule has 0 spiro atoms. The number of hydrogen-bond acceptors (Lipinski definition) is 5. The van der Waals surface area contributed by atoms with Crippen molar-refractivity contribution < 1.29 is 19.1 Å². The second-order valence-corrected chi connectivity index (χ2v) is 3.20. The van der Waals surface area contributed by atoms with Gasteiger partial charge in [0.25, 0.3) is 5.91 Å². The molecule has 0 radical (unpaired) electrons. The van der Waals surface area contributed by atoms with Crippen LogP contribution in [0.3, 0.4) is 0 Å². The number of carbonyl (C=O) groups is 1. The normalized spacial score (nSPS) is 13.4. The predicted octanol–water partition coefficient (Wildman–Crippen LogP) is 0.486. The van der Waals surface area contributed by atoms with Gasteiger partial charge in [0.05, 0.1) is 13.3 Å². The SMILES string of the molecule is CON(C)C(=O)c1cc2c(cn1)OCCO2. The Balaban J connectivity index is 2.26. The number of nitrogens with zero attached hydrogens (tertiary/aromatic N) is 2. The van der Waals surface area contributed by atoms with Crippen molar-refractivity contribution in [3.05, 3.63) is 18.0 Å². The molecule has 0 fully saturated rings. The summed E-state index contributed by atoms with van der Waals surface area (Å²) in [6.45, 7) is 0.977. The monoisotopic (exact) mass is 224 g/mol. The second kappa shape index (κ2) is 4.36. The number of carbonyl (C=O) groups excluding carboxylic acids is 1. The minimum atomic E-state index is -0.334. The van der Waals surface area contributed by atoms with Crippen molar-refractivity contribution in [3.63, 3.8) is 0 Å². The van der Waals surface area contributed by atoms with Crippen LogP contribution >= 0.6 is 0 Å². The zero-order valence-electron chi connectivity index (χ0n) is 9.10. The zero-order chi connectivity index (χ0) is 11.5. The van der Waals surface area contributed by atoms with Gasteiger partial charge < -0.3 is 9.47 Å². The highest BCUT2D eigenvalue weighted by Gasteiger charge is 2.18. The van der Waals surface area contributed by atoms with Crippen LogP contribution in [0.5, 0.6) is 11.5 Å². The molecule has 6 nitrogen and oxygen atoms in total. The van der Waals surface area contributed by atoms with Crippen LogP contribution in [-0.4, -0.2) is 43.3 Å². The number of aromatic nitrogens is 1. The minimum Gasteiger partial charge on any atom is -0.486 e. The smallest absolute Gasteiger partial charge is 0.295 e. The molecule has 1 aromatic heterocycles. The number of fused-ring (bicyclic) bond motifs is 1. The first-order chi connectivity index (χ1) is 7.72. The van der Waals surface area contributed by atoms with Crippen LogP contribution in [0.15, 0.2) is 12.3 Å². The van der Waals surface area contributed by atoms with Gasteiger partial charge >= 0.3 is 0 Å². The molecule has 0 saturated carbocycles. The van der Waals surface area contributed by atoms with Crippen LogP contribution in [-0.2, 0) is 4.84 Å². The summed E-state index contributed by atoms with van der Waals surface area (Å²) in [7, 11) is 2.93. The van der Waals surface area contributed by atoms with E-state index in [-0.39, 0.29) is 11.6 Å². The number of hydroxylamine groups is 2. The molecule has 0 bridgehead atoms. The van der Waals surface area contributed by atoms with E-state index in [4.69, 9.17) is 14.3 Å². The number of pyridine rings is 1. The predicted molar refractivity (Wildman–Crippen MR) is 54.3 cm³/mol. The molecule has 0 aromatic carbocycles. The first-order valence-electron chi connectivity index (χ1n) is 4.80. The van der Waals surface area contributed by atoms with Crippen molar-refractivity contribution >= 4 is 5.91 Å². The molecule has 0 N–H and O–H groups in total. The Labute approximate surface area is 92.7 Å². The van der Waals surface area contributed by atoms with E-state index in [9.17, 15) is 4.79 Å². The third-order valence-corrected chi connectivity index (χ3v) is 2.21.